The number of hydrogen-bond acceptors (Lipinski definition) is 6. The SMILES string of the molecule is CN(CC(=O)Nc1ccc(N2CCOCC2)cc1)C(=O)c1ccc(Cn2cccn2)o1. The van der Waals surface area contributed by atoms with E-state index in [0.717, 1.165) is 32.0 Å². The Labute approximate surface area is 180 Å². The molecule has 162 valence electrons. The standard InChI is InChI=1S/C22H25N5O4/c1-25(22(29)20-8-7-19(31-20)15-27-10-2-9-23-27)16-21(28)24-17-3-5-18(6-4-17)26-11-13-30-14-12-26/h2-10H,11-16H2,1H3,(H,24,28). The average molecular weight is 423 g/mol. The predicted octanol–water partition coefficient (Wildman–Crippen LogP) is 2.07. The summed E-state index contributed by atoms with van der Waals surface area (Å²) in [6.45, 7) is 3.51. The first-order valence-corrected chi connectivity index (χ1v) is 10.1. The van der Waals surface area contributed by atoms with E-state index in [1.807, 2.05) is 36.5 Å². The van der Waals surface area contributed by atoms with Crippen LogP contribution < -0.4 is 10.2 Å². The lowest BCUT2D eigenvalue weighted by Crippen LogP contribution is -2.36. The van der Waals surface area contributed by atoms with Crippen LogP contribution in [0, 0.1) is 0 Å². The number of hydrogen-bond donors (Lipinski definition) is 1. The first-order chi connectivity index (χ1) is 15.1. The highest BCUT2D eigenvalue weighted by molar-refractivity contribution is 5.98. The molecule has 1 aromatic carbocycles. The topological polar surface area (TPSA) is 92.8 Å². The van der Waals surface area contributed by atoms with Crippen molar-refractivity contribution in [1.29, 1.82) is 0 Å². The summed E-state index contributed by atoms with van der Waals surface area (Å²) in [5, 5.41) is 6.94. The molecule has 9 nitrogen and oxygen atoms in total. The Balaban J connectivity index is 1.29. The van der Waals surface area contributed by atoms with Gasteiger partial charge in [-0.25, -0.2) is 0 Å². The smallest absolute Gasteiger partial charge is 0.289 e. The summed E-state index contributed by atoms with van der Waals surface area (Å²) < 4.78 is 12.7. The number of amides is 2. The number of carbonyl (C=O) groups is 2. The van der Waals surface area contributed by atoms with Crippen molar-refractivity contribution < 1.29 is 18.7 Å². The van der Waals surface area contributed by atoms with E-state index in [9.17, 15) is 9.59 Å². The number of furan rings is 1. The van der Waals surface area contributed by atoms with E-state index < -0.39 is 0 Å². The van der Waals surface area contributed by atoms with Gasteiger partial charge in [-0.2, -0.15) is 5.10 Å². The molecule has 1 N–H and O–H groups in total. The van der Waals surface area contributed by atoms with Crippen LogP contribution in [0.25, 0.3) is 0 Å². The molecule has 1 fully saturated rings. The van der Waals surface area contributed by atoms with Crippen molar-refractivity contribution >= 4 is 23.2 Å². The molecule has 9 heteroatoms. The fourth-order valence-corrected chi connectivity index (χ4v) is 3.38. The zero-order chi connectivity index (χ0) is 21.6. The van der Waals surface area contributed by atoms with Crippen LogP contribution in [0.3, 0.4) is 0 Å². The van der Waals surface area contributed by atoms with Gasteiger partial charge in [-0.15, -0.1) is 0 Å². The van der Waals surface area contributed by atoms with Crippen molar-refractivity contribution in [2.24, 2.45) is 0 Å². The van der Waals surface area contributed by atoms with Gasteiger partial charge in [0, 0.05) is 43.9 Å². The molecule has 0 saturated carbocycles. The van der Waals surface area contributed by atoms with Crippen molar-refractivity contribution in [3.8, 4) is 0 Å². The number of anilines is 2. The summed E-state index contributed by atoms with van der Waals surface area (Å²) in [6.07, 6.45) is 3.49. The van der Waals surface area contributed by atoms with Gasteiger partial charge < -0.3 is 24.3 Å². The molecule has 0 unspecified atom stereocenters. The molecule has 3 aromatic rings. The van der Waals surface area contributed by atoms with E-state index in [-0.39, 0.29) is 24.1 Å². The minimum absolute atomic E-state index is 0.0841. The van der Waals surface area contributed by atoms with Crippen LogP contribution in [-0.4, -0.2) is 66.4 Å². The molecule has 2 amide bonds. The van der Waals surface area contributed by atoms with Gasteiger partial charge in [0.1, 0.15) is 5.76 Å². The number of aromatic nitrogens is 2. The molecule has 0 aliphatic carbocycles. The third-order valence-corrected chi connectivity index (χ3v) is 5.00. The minimum Gasteiger partial charge on any atom is -0.454 e. The minimum atomic E-state index is -0.357. The van der Waals surface area contributed by atoms with Gasteiger partial charge in [-0.3, -0.25) is 14.3 Å². The first kappa shape index (κ1) is 20.7. The Hall–Kier alpha value is -3.59. The second-order valence-electron chi connectivity index (χ2n) is 7.33. The third-order valence-electron chi connectivity index (χ3n) is 5.00. The Kier molecular flexibility index (Phi) is 6.32. The van der Waals surface area contributed by atoms with Gasteiger partial charge in [0.2, 0.25) is 5.91 Å². The van der Waals surface area contributed by atoms with Gasteiger partial charge in [0.25, 0.3) is 5.91 Å². The Bertz CT molecular complexity index is 1010. The highest BCUT2D eigenvalue weighted by atomic mass is 16.5. The zero-order valence-corrected chi connectivity index (χ0v) is 17.4. The summed E-state index contributed by atoms with van der Waals surface area (Å²) in [4.78, 5) is 28.5. The molecule has 1 aliphatic rings. The molecule has 0 spiro atoms. The normalized spacial score (nSPS) is 13.8. The molecule has 3 heterocycles. The van der Waals surface area contributed by atoms with Crippen LogP contribution in [0.15, 0.2) is 59.3 Å². The number of ether oxygens (including phenoxy) is 1. The highest BCUT2D eigenvalue weighted by Gasteiger charge is 2.19. The quantitative estimate of drug-likeness (QED) is 0.625. The average Bonchev–Trinajstić information content (AvgIpc) is 3.47. The maximum absolute atomic E-state index is 12.6. The van der Waals surface area contributed by atoms with Crippen LogP contribution >= 0.6 is 0 Å². The lowest BCUT2D eigenvalue weighted by Gasteiger charge is -2.28. The summed E-state index contributed by atoms with van der Waals surface area (Å²) in [7, 11) is 1.57. The number of morpholine rings is 1. The van der Waals surface area contributed by atoms with E-state index >= 15 is 0 Å². The monoisotopic (exact) mass is 423 g/mol. The molecule has 0 bridgehead atoms. The van der Waals surface area contributed by atoms with Gasteiger partial charge in [0.05, 0.1) is 26.3 Å². The molecule has 31 heavy (non-hydrogen) atoms. The second kappa shape index (κ2) is 9.48. The van der Waals surface area contributed by atoms with Crippen molar-refractivity contribution in [2.45, 2.75) is 6.54 Å². The summed E-state index contributed by atoms with van der Waals surface area (Å²) in [5.74, 6) is 0.167. The van der Waals surface area contributed by atoms with Crippen LogP contribution in [0.1, 0.15) is 16.3 Å². The van der Waals surface area contributed by atoms with Crippen LogP contribution in [0.4, 0.5) is 11.4 Å². The van der Waals surface area contributed by atoms with Crippen LogP contribution in [-0.2, 0) is 16.1 Å². The summed E-state index contributed by atoms with van der Waals surface area (Å²) >= 11 is 0. The van der Waals surface area contributed by atoms with Gasteiger partial charge in [-0.05, 0) is 42.5 Å². The number of rotatable bonds is 7. The van der Waals surface area contributed by atoms with E-state index in [1.165, 1.54) is 4.90 Å². The molecule has 0 atom stereocenters. The van der Waals surface area contributed by atoms with Crippen LogP contribution in [0.5, 0.6) is 0 Å². The molecule has 1 aliphatic heterocycles. The molecular formula is C22H25N5O4. The highest BCUT2D eigenvalue weighted by Crippen LogP contribution is 2.19. The Morgan fingerprint density at radius 1 is 1.13 bits per heavy atom. The molecule has 1 saturated heterocycles. The summed E-state index contributed by atoms with van der Waals surface area (Å²) in [6, 6.07) is 12.8. The fourth-order valence-electron chi connectivity index (χ4n) is 3.38. The van der Waals surface area contributed by atoms with E-state index in [4.69, 9.17) is 9.15 Å². The largest absolute Gasteiger partial charge is 0.454 e. The maximum Gasteiger partial charge on any atom is 0.289 e. The van der Waals surface area contributed by atoms with Crippen LogP contribution in [0.2, 0.25) is 0 Å². The van der Waals surface area contributed by atoms with Gasteiger partial charge in [-0.1, -0.05) is 0 Å². The van der Waals surface area contributed by atoms with Crippen molar-refractivity contribution in [3.63, 3.8) is 0 Å². The third kappa shape index (κ3) is 5.32. The second-order valence-corrected chi connectivity index (χ2v) is 7.33. The molecule has 2 aromatic heterocycles. The predicted molar refractivity (Wildman–Crippen MR) is 115 cm³/mol. The molecular weight excluding hydrogens is 398 g/mol. The Morgan fingerprint density at radius 3 is 2.61 bits per heavy atom. The Morgan fingerprint density at radius 2 is 1.90 bits per heavy atom. The zero-order valence-electron chi connectivity index (χ0n) is 17.4. The maximum atomic E-state index is 12.6. The number of benzene rings is 1. The molecule has 4 rings (SSSR count). The molecule has 0 radical (unpaired) electrons. The van der Waals surface area contributed by atoms with Crippen molar-refractivity contribution in [2.75, 3.05) is 50.1 Å². The lowest BCUT2D eigenvalue weighted by atomic mass is 10.2. The summed E-state index contributed by atoms with van der Waals surface area (Å²) in [5.41, 5.74) is 1.78. The van der Waals surface area contributed by atoms with Gasteiger partial charge in [0.15, 0.2) is 5.76 Å². The van der Waals surface area contributed by atoms with Crippen molar-refractivity contribution in [1.82, 2.24) is 14.7 Å². The number of likely N-dealkylation sites (N-methyl/N-ethyl adjacent to an activating group) is 1. The number of carbonyl (C=O) groups excluding carboxylic acids is 2. The number of nitrogens with zero attached hydrogens (tertiary/aromatic N) is 4. The van der Waals surface area contributed by atoms with E-state index in [2.05, 4.69) is 15.3 Å². The van der Waals surface area contributed by atoms with Gasteiger partial charge >= 0.3 is 0 Å². The lowest BCUT2D eigenvalue weighted by molar-refractivity contribution is -0.116. The first-order valence-electron chi connectivity index (χ1n) is 10.1. The van der Waals surface area contributed by atoms with Crippen molar-refractivity contribution in [3.05, 3.63) is 66.4 Å². The number of nitrogens with one attached hydrogen (secondary N) is 1. The fraction of sp³-hybridized carbons (Fsp3) is 0.318. The van der Waals surface area contributed by atoms with E-state index in [1.54, 1.807) is 30.1 Å². The van der Waals surface area contributed by atoms with E-state index in [0.29, 0.717) is 18.0 Å².